The molecule has 0 aromatic heterocycles. The maximum Gasteiger partial charge on any atom is 0.255 e. The number of aryl methyl sites for hydroxylation is 1. The lowest BCUT2D eigenvalue weighted by Crippen LogP contribution is -2.45. The van der Waals surface area contributed by atoms with Crippen LogP contribution in [0.25, 0.3) is 0 Å². The van der Waals surface area contributed by atoms with Crippen molar-refractivity contribution in [3.05, 3.63) is 29.3 Å². The second-order valence-electron chi connectivity index (χ2n) is 4.69. The molecule has 2 amide bonds. The van der Waals surface area contributed by atoms with E-state index in [2.05, 4.69) is 10.6 Å². The van der Waals surface area contributed by atoms with E-state index in [1.807, 2.05) is 19.9 Å². The van der Waals surface area contributed by atoms with Crippen LogP contribution in [0.4, 0.5) is 0 Å². The molecule has 0 heterocycles. The highest BCUT2D eigenvalue weighted by Crippen LogP contribution is 2.19. The van der Waals surface area contributed by atoms with Crippen LogP contribution in [-0.4, -0.2) is 31.5 Å². The van der Waals surface area contributed by atoms with Crippen LogP contribution >= 0.6 is 0 Å². The van der Waals surface area contributed by atoms with Crippen LogP contribution in [0.3, 0.4) is 0 Å². The van der Waals surface area contributed by atoms with Crippen molar-refractivity contribution in [1.29, 1.82) is 0 Å². The van der Waals surface area contributed by atoms with Crippen LogP contribution in [0.1, 0.15) is 36.2 Å². The second kappa shape index (κ2) is 7.53. The normalized spacial score (nSPS) is 11.6. The van der Waals surface area contributed by atoms with Crippen LogP contribution in [0.5, 0.6) is 5.75 Å². The maximum atomic E-state index is 12.2. The molecule has 1 aromatic carbocycles. The SMILES string of the molecule is CCCNC(=O)C(C)NC(=O)c1cc(C)ccc1OC. The Morgan fingerprint density at radius 3 is 2.65 bits per heavy atom. The molecule has 1 unspecified atom stereocenters. The van der Waals surface area contributed by atoms with E-state index in [9.17, 15) is 9.59 Å². The third kappa shape index (κ3) is 4.26. The number of ether oxygens (including phenoxy) is 1. The molecule has 0 radical (unpaired) electrons. The molecule has 5 heteroatoms. The van der Waals surface area contributed by atoms with Crippen LogP contribution in [0.15, 0.2) is 18.2 Å². The fourth-order valence-corrected chi connectivity index (χ4v) is 1.74. The van der Waals surface area contributed by atoms with Gasteiger partial charge in [-0.1, -0.05) is 18.6 Å². The number of nitrogens with one attached hydrogen (secondary N) is 2. The number of carbonyl (C=O) groups is 2. The van der Waals surface area contributed by atoms with Gasteiger partial charge in [-0.3, -0.25) is 9.59 Å². The standard InChI is InChI=1S/C15H22N2O3/c1-5-8-16-14(18)11(3)17-15(19)12-9-10(2)6-7-13(12)20-4/h6-7,9,11H,5,8H2,1-4H3,(H,16,18)(H,17,19). The molecule has 0 saturated carbocycles. The highest BCUT2D eigenvalue weighted by atomic mass is 16.5. The van der Waals surface area contributed by atoms with Gasteiger partial charge in [0.1, 0.15) is 11.8 Å². The Hall–Kier alpha value is -2.04. The zero-order chi connectivity index (χ0) is 15.1. The number of amides is 2. The van der Waals surface area contributed by atoms with Gasteiger partial charge in [0.25, 0.3) is 5.91 Å². The fourth-order valence-electron chi connectivity index (χ4n) is 1.74. The molecule has 110 valence electrons. The van der Waals surface area contributed by atoms with E-state index in [0.29, 0.717) is 17.9 Å². The van der Waals surface area contributed by atoms with E-state index in [-0.39, 0.29) is 11.8 Å². The molecule has 0 spiro atoms. The Kier molecular flexibility index (Phi) is 6.03. The molecule has 1 rings (SSSR count). The Labute approximate surface area is 119 Å². The molecular formula is C15H22N2O3. The molecule has 5 nitrogen and oxygen atoms in total. The molecule has 0 aliphatic rings. The molecule has 1 aromatic rings. The van der Waals surface area contributed by atoms with Gasteiger partial charge in [0, 0.05) is 6.54 Å². The number of benzene rings is 1. The molecule has 0 bridgehead atoms. The van der Waals surface area contributed by atoms with Crippen molar-refractivity contribution >= 4 is 11.8 Å². The minimum Gasteiger partial charge on any atom is -0.496 e. The van der Waals surface area contributed by atoms with Crippen molar-refractivity contribution in [2.45, 2.75) is 33.2 Å². The van der Waals surface area contributed by atoms with Gasteiger partial charge >= 0.3 is 0 Å². The summed E-state index contributed by atoms with van der Waals surface area (Å²) in [6.45, 7) is 6.13. The van der Waals surface area contributed by atoms with Gasteiger partial charge in [0.05, 0.1) is 12.7 Å². The second-order valence-corrected chi connectivity index (χ2v) is 4.69. The average molecular weight is 278 g/mol. The summed E-state index contributed by atoms with van der Waals surface area (Å²) in [5.74, 6) is -0.00853. The first kappa shape index (κ1) is 16.0. The van der Waals surface area contributed by atoms with Gasteiger partial charge in [0.2, 0.25) is 5.91 Å². The number of methoxy groups -OCH3 is 1. The lowest BCUT2D eigenvalue weighted by molar-refractivity contribution is -0.122. The molecule has 0 aliphatic heterocycles. The van der Waals surface area contributed by atoms with E-state index in [1.54, 1.807) is 19.1 Å². The molecule has 2 N–H and O–H groups in total. The third-order valence-electron chi connectivity index (χ3n) is 2.89. The van der Waals surface area contributed by atoms with Crippen LogP contribution in [-0.2, 0) is 4.79 Å². The summed E-state index contributed by atoms with van der Waals surface area (Å²) in [5, 5.41) is 5.42. The largest absolute Gasteiger partial charge is 0.496 e. The van der Waals surface area contributed by atoms with Crippen molar-refractivity contribution in [3.63, 3.8) is 0 Å². The van der Waals surface area contributed by atoms with Crippen LogP contribution in [0, 0.1) is 6.92 Å². The van der Waals surface area contributed by atoms with Gasteiger partial charge in [0.15, 0.2) is 0 Å². The molecule has 0 fully saturated rings. The molecular weight excluding hydrogens is 256 g/mol. The van der Waals surface area contributed by atoms with E-state index < -0.39 is 6.04 Å². The van der Waals surface area contributed by atoms with E-state index in [4.69, 9.17) is 4.74 Å². The monoisotopic (exact) mass is 278 g/mol. The Bertz CT molecular complexity index is 486. The molecule has 0 aliphatic carbocycles. The highest BCUT2D eigenvalue weighted by molar-refractivity contribution is 5.99. The quantitative estimate of drug-likeness (QED) is 0.831. The average Bonchev–Trinajstić information content (AvgIpc) is 2.44. The smallest absolute Gasteiger partial charge is 0.255 e. The predicted octanol–water partition coefficient (Wildman–Crippen LogP) is 1.65. The lowest BCUT2D eigenvalue weighted by atomic mass is 10.1. The van der Waals surface area contributed by atoms with E-state index in [0.717, 1.165) is 12.0 Å². The van der Waals surface area contributed by atoms with Gasteiger partial charge in [-0.25, -0.2) is 0 Å². The summed E-state index contributed by atoms with van der Waals surface area (Å²) in [4.78, 5) is 23.9. The Morgan fingerprint density at radius 1 is 1.35 bits per heavy atom. The van der Waals surface area contributed by atoms with E-state index in [1.165, 1.54) is 7.11 Å². The van der Waals surface area contributed by atoms with Crippen LogP contribution in [0.2, 0.25) is 0 Å². The fraction of sp³-hybridized carbons (Fsp3) is 0.467. The van der Waals surface area contributed by atoms with Crippen LogP contribution < -0.4 is 15.4 Å². The maximum absolute atomic E-state index is 12.2. The third-order valence-corrected chi connectivity index (χ3v) is 2.89. The van der Waals surface area contributed by atoms with Gasteiger partial charge in [-0.15, -0.1) is 0 Å². The summed E-state index contributed by atoms with van der Waals surface area (Å²) in [6.07, 6.45) is 0.859. The van der Waals surface area contributed by atoms with Gasteiger partial charge < -0.3 is 15.4 Å². The summed E-state index contributed by atoms with van der Waals surface area (Å²) in [6, 6.07) is 4.77. The highest BCUT2D eigenvalue weighted by Gasteiger charge is 2.18. The molecule has 0 saturated heterocycles. The van der Waals surface area contributed by atoms with Crippen molar-refractivity contribution in [2.75, 3.05) is 13.7 Å². The number of carbonyl (C=O) groups excluding carboxylic acids is 2. The van der Waals surface area contributed by atoms with Gasteiger partial charge in [-0.05, 0) is 32.4 Å². The van der Waals surface area contributed by atoms with Crippen molar-refractivity contribution in [2.24, 2.45) is 0 Å². The number of hydrogen-bond acceptors (Lipinski definition) is 3. The summed E-state index contributed by atoms with van der Waals surface area (Å²) in [5.41, 5.74) is 1.39. The summed E-state index contributed by atoms with van der Waals surface area (Å²) < 4.78 is 5.17. The van der Waals surface area contributed by atoms with Crippen molar-refractivity contribution in [1.82, 2.24) is 10.6 Å². The first-order valence-electron chi connectivity index (χ1n) is 6.72. The Morgan fingerprint density at radius 2 is 2.05 bits per heavy atom. The van der Waals surface area contributed by atoms with E-state index >= 15 is 0 Å². The Balaban J connectivity index is 2.75. The topological polar surface area (TPSA) is 67.4 Å². The first-order valence-corrected chi connectivity index (χ1v) is 6.72. The molecule has 20 heavy (non-hydrogen) atoms. The lowest BCUT2D eigenvalue weighted by Gasteiger charge is -2.15. The molecule has 1 atom stereocenters. The zero-order valence-electron chi connectivity index (χ0n) is 12.4. The minimum atomic E-state index is -0.584. The minimum absolute atomic E-state index is 0.188. The van der Waals surface area contributed by atoms with Crippen molar-refractivity contribution in [3.8, 4) is 5.75 Å². The summed E-state index contributed by atoms with van der Waals surface area (Å²) in [7, 11) is 1.51. The number of rotatable bonds is 6. The van der Waals surface area contributed by atoms with Crippen molar-refractivity contribution < 1.29 is 14.3 Å². The first-order chi connectivity index (χ1) is 9.49. The predicted molar refractivity (Wildman–Crippen MR) is 78.0 cm³/mol. The zero-order valence-corrected chi connectivity index (χ0v) is 12.4. The number of hydrogen-bond donors (Lipinski definition) is 2. The van der Waals surface area contributed by atoms with Gasteiger partial charge in [-0.2, -0.15) is 0 Å². The summed E-state index contributed by atoms with van der Waals surface area (Å²) >= 11 is 0.